The Morgan fingerprint density at radius 2 is 2.05 bits per heavy atom. The summed E-state index contributed by atoms with van der Waals surface area (Å²) in [5.41, 5.74) is 1.19. The number of ether oxygens (including phenoxy) is 1. The van der Waals surface area contributed by atoms with Crippen LogP contribution in [0.4, 0.5) is 0 Å². The molecule has 0 saturated carbocycles. The second-order valence-electron chi connectivity index (χ2n) is 4.61. The van der Waals surface area contributed by atoms with Gasteiger partial charge < -0.3 is 9.15 Å². The van der Waals surface area contributed by atoms with Gasteiger partial charge in [-0.05, 0) is 43.5 Å². The van der Waals surface area contributed by atoms with Crippen LogP contribution in [0.15, 0.2) is 34.7 Å². The number of esters is 1. The van der Waals surface area contributed by atoms with Gasteiger partial charge in [-0.3, -0.25) is 0 Å². The molecule has 3 rings (SSSR count). The number of fused-ring (bicyclic) bond motifs is 3. The van der Waals surface area contributed by atoms with Crippen molar-refractivity contribution in [1.82, 2.24) is 0 Å². The van der Waals surface area contributed by atoms with Gasteiger partial charge in [0.25, 0.3) is 0 Å². The van der Waals surface area contributed by atoms with Crippen LogP contribution in [0.3, 0.4) is 0 Å². The fraction of sp³-hybridized carbons (Fsp3) is 0.188. The quantitative estimate of drug-likeness (QED) is 0.640. The SMILES string of the molecule is CCOC(=O)c1cc2ccc(Cl)cc2c2oc(C)cc12. The number of halogens is 1. The molecule has 2 aromatic carbocycles. The molecule has 0 saturated heterocycles. The molecule has 0 aliphatic heterocycles. The van der Waals surface area contributed by atoms with Crippen LogP contribution >= 0.6 is 11.6 Å². The molecular weight excluding hydrogens is 276 g/mol. The molecule has 0 atom stereocenters. The van der Waals surface area contributed by atoms with Gasteiger partial charge in [-0.25, -0.2) is 4.79 Å². The van der Waals surface area contributed by atoms with Crippen molar-refractivity contribution in [3.05, 3.63) is 46.7 Å². The lowest BCUT2D eigenvalue weighted by Crippen LogP contribution is -2.05. The fourth-order valence-electron chi connectivity index (χ4n) is 2.38. The summed E-state index contributed by atoms with van der Waals surface area (Å²) in [6, 6.07) is 9.18. The summed E-state index contributed by atoms with van der Waals surface area (Å²) in [6.07, 6.45) is 0. The molecule has 102 valence electrons. The van der Waals surface area contributed by atoms with Gasteiger partial charge >= 0.3 is 5.97 Å². The van der Waals surface area contributed by atoms with Gasteiger partial charge in [0.1, 0.15) is 11.3 Å². The Labute approximate surface area is 121 Å². The number of benzene rings is 2. The molecule has 0 aliphatic rings. The highest BCUT2D eigenvalue weighted by molar-refractivity contribution is 6.32. The first kappa shape index (κ1) is 13.0. The van der Waals surface area contributed by atoms with Crippen molar-refractivity contribution in [1.29, 1.82) is 0 Å². The number of hydrogen-bond acceptors (Lipinski definition) is 3. The van der Waals surface area contributed by atoms with Crippen molar-refractivity contribution in [2.24, 2.45) is 0 Å². The fourth-order valence-corrected chi connectivity index (χ4v) is 2.55. The zero-order valence-electron chi connectivity index (χ0n) is 11.2. The maximum Gasteiger partial charge on any atom is 0.338 e. The van der Waals surface area contributed by atoms with Crippen LogP contribution < -0.4 is 0 Å². The molecule has 0 amide bonds. The van der Waals surface area contributed by atoms with Crippen molar-refractivity contribution in [3.63, 3.8) is 0 Å². The van der Waals surface area contributed by atoms with Crippen LogP contribution in [0.25, 0.3) is 21.7 Å². The number of carbonyl (C=O) groups excluding carboxylic acids is 1. The van der Waals surface area contributed by atoms with E-state index in [1.54, 1.807) is 13.0 Å². The summed E-state index contributed by atoms with van der Waals surface area (Å²) in [5.74, 6) is 0.410. The van der Waals surface area contributed by atoms with E-state index in [0.29, 0.717) is 22.8 Å². The minimum Gasteiger partial charge on any atom is -0.462 e. The molecule has 0 aliphatic carbocycles. The first-order valence-electron chi connectivity index (χ1n) is 6.39. The predicted octanol–water partition coefficient (Wildman–Crippen LogP) is 4.72. The van der Waals surface area contributed by atoms with E-state index in [4.69, 9.17) is 20.8 Å². The zero-order valence-corrected chi connectivity index (χ0v) is 12.0. The third-order valence-electron chi connectivity index (χ3n) is 3.20. The molecule has 0 radical (unpaired) electrons. The molecule has 1 aromatic heterocycles. The van der Waals surface area contributed by atoms with E-state index in [-0.39, 0.29) is 5.97 Å². The maximum absolute atomic E-state index is 12.1. The summed E-state index contributed by atoms with van der Waals surface area (Å²) in [4.78, 5) is 12.1. The first-order chi connectivity index (χ1) is 9.60. The minimum absolute atomic E-state index is 0.338. The van der Waals surface area contributed by atoms with E-state index < -0.39 is 0 Å². The molecule has 0 fully saturated rings. The van der Waals surface area contributed by atoms with Gasteiger partial charge in [-0.2, -0.15) is 0 Å². The van der Waals surface area contributed by atoms with E-state index >= 15 is 0 Å². The Morgan fingerprint density at radius 1 is 1.25 bits per heavy atom. The zero-order chi connectivity index (χ0) is 14.3. The Bertz CT molecular complexity index is 817. The molecule has 4 heteroatoms. The number of rotatable bonds is 2. The molecule has 1 heterocycles. The molecular formula is C16H13ClO3. The van der Waals surface area contributed by atoms with Gasteiger partial charge in [-0.1, -0.05) is 17.7 Å². The summed E-state index contributed by atoms with van der Waals surface area (Å²) >= 11 is 6.04. The van der Waals surface area contributed by atoms with Crippen molar-refractivity contribution in [2.75, 3.05) is 6.61 Å². The van der Waals surface area contributed by atoms with Crippen molar-refractivity contribution < 1.29 is 13.9 Å². The van der Waals surface area contributed by atoms with E-state index in [0.717, 1.165) is 21.9 Å². The Kier molecular flexibility index (Phi) is 3.14. The molecule has 20 heavy (non-hydrogen) atoms. The largest absolute Gasteiger partial charge is 0.462 e. The first-order valence-corrected chi connectivity index (χ1v) is 6.77. The minimum atomic E-state index is -0.338. The van der Waals surface area contributed by atoms with E-state index in [2.05, 4.69) is 0 Å². The molecule has 3 aromatic rings. The Balaban J connectivity index is 2.39. The molecule has 0 spiro atoms. The number of carbonyl (C=O) groups is 1. The van der Waals surface area contributed by atoms with Gasteiger partial charge in [0.2, 0.25) is 0 Å². The van der Waals surface area contributed by atoms with E-state index in [1.807, 2.05) is 31.2 Å². The van der Waals surface area contributed by atoms with Crippen molar-refractivity contribution in [2.45, 2.75) is 13.8 Å². The average molecular weight is 289 g/mol. The molecule has 0 N–H and O–H groups in total. The third kappa shape index (κ3) is 2.04. The maximum atomic E-state index is 12.1. The van der Waals surface area contributed by atoms with E-state index in [1.165, 1.54) is 0 Å². The summed E-state index contributed by atoms with van der Waals surface area (Å²) in [7, 11) is 0. The highest BCUT2D eigenvalue weighted by atomic mass is 35.5. The second kappa shape index (κ2) is 4.84. The normalized spacial score (nSPS) is 11.2. The average Bonchev–Trinajstić information content (AvgIpc) is 2.80. The summed E-state index contributed by atoms with van der Waals surface area (Å²) < 4.78 is 10.8. The van der Waals surface area contributed by atoms with Crippen LogP contribution in [-0.4, -0.2) is 12.6 Å². The van der Waals surface area contributed by atoms with Crippen LogP contribution in [0.2, 0.25) is 5.02 Å². The van der Waals surface area contributed by atoms with E-state index in [9.17, 15) is 4.79 Å². The summed E-state index contributed by atoms with van der Waals surface area (Å²) in [5, 5.41) is 3.19. The molecule has 0 unspecified atom stereocenters. The smallest absolute Gasteiger partial charge is 0.338 e. The van der Waals surface area contributed by atoms with Crippen LogP contribution in [-0.2, 0) is 4.74 Å². The van der Waals surface area contributed by atoms with Crippen molar-refractivity contribution in [3.8, 4) is 0 Å². The number of furan rings is 1. The van der Waals surface area contributed by atoms with Gasteiger partial charge in [0.05, 0.1) is 12.2 Å². The second-order valence-corrected chi connectivity index (χ2v) is 5.05. The molecule has 3 nitrogen and oxygen atoms in total. The topological polar surface area (TPSA) is 39.4 Å². The standard InChI is InChI=1S/C16H13ClO3/c1-3-19-16(18)14-7-10-4-5-11(17)8-12(10)15-13(14)6-9(2)20-15/h4-8H,3H2,1-2H3. The lowest BCUT2D eigenvalue weighted by molar-refractivity contribution is 0.0529. The van der Waals surface area contributed by atoms with Crippen LogP contribution in [0.1, 0.15) is 23.0 Å². The number of hydrogen-bond donors (Lipinski definition) is 0. The lowest BCUT2D eigenvalue weighted by atomic mass is 10.0. The predicted molar refractivity (Wildman–Crippen MR) is 79.4 cm³/mol. The Hall–Kier alpha value is -2.00. The van der Waals surface area contributed by atoms with Gasteiger partial charge in [0, 0.05) is 15.8 Å². The monoisotopic (exact) mass is 288 g/mol. The van der Waals surface area contributed by atoms with Gasteiger partial charge in [0.15, 0.2) is 0 Å². The van der Waals surface area contributed by atoms with Crippen molar-refractivity contribution >= 4 is 39.3 Å². The Morgan fingerprint density at radius 3 is 2.80 bits per heavy atom. The lowest BCUT2D eigenvalue weighted by Gasteiger charge is -2.06. The van der Waals surface area contributed by atoms with Crippen LogP contribution in [0, 0.1) is 6.92 Å². The van der Waals surface area contributed by atoms with Gasteiger partial charge in [-0.15, -0.1) is 0 Å². The summed E-state index contributed by atoms with van der Waals surface area (Å²) in [6.45, 7) is 3.98. The molecule has 0 bridgehead atoms. The highest BCUT2D eigenvalue weighted by Gasteiger charge is 2.17. The highest BCUT2D eigenvalue weighted by Crippen LogP contribution is 2.33. The van der Waals surface area contributed by atoms with Crippen LogP contribution in [0.5, 0.6) is 0 Å². The number of aryl methyl sites for hydroxylation is 1. The third-order valence-corrected chi connectivity index (χ3v) is 3.44.